The van der Waals surface area contributed by atoms with Crippen LogP contribution < -0.4 is 10.6 Å². The number of hydrogen-bond donors (Lipinski definition) is 1. The van der Waals surface area contributed by atoms with Gasteiger partial charge in [-0.1, -0.05) is 12.1 Å². The molecular weight excluding hydrogens is 230 g/mol. The summed E-state index contributed by atoms with van der Waals surface area (Å²) in [7, 11) is 2.05. The molecule has 2 rings (SSSR count). The first kappa shape index (κ1) is 12.1. The second-order valence-corrected chi connectivity index (χ2v) is 5.21. The molecular formula is C13H17N3S. The maximum absolute atomic E-state index is 5.80. The van der Waals surface area contributed by atoms with E-state index in [0.29, 0.717) is 0 Å². The van der Waals surface area contributed by atoms with Crippen LogP contribution in [0.15, 0.2) is 35.8 Å². The van der Waals surface area contributed by atoms with E-state index in [0.717, 1.165) is 17.9 Å². The molecule has 0 spiro atoms. The SMILES string of the molecule is C[C@H](N)c1ccc(N(C)Cc2cccs2)nc1. The summed E-state index contributed by atoms with van der Waals surface area (Å²) in [6, 6.07) is 8.31. The number of hydrogen-bond acceptors (Lipinski definition) is 4. The number of nitrogens with zero attached hydrogens (tertiary/aromatic N) is 2. The van der Waals surface area contributed by atoms with E-state index in [-0.39, 0.29) is 6.04 Å². The van der Waals surface area contributed by atoms with E-state index in [9.17, 15) is 0 Å². The molecule has 2 heterocycles. The molecule has 0 aliphatic rings. The zero-order chi connectivity index (χ0) is 12.3. The number of thiophene rings is 1. The number of anilines is 1. The summed E-state index contributed by atoms with van der Waals surface area (Å²) in [4.78, 5) is 7.91. The third kappa shape index (κ3) is 3.05. The smallest absolute Gasteiger partial charge is 0.128 e. The summed E-state index contributed by atoms with van der Waals surface area (Å²) in [5, 5.41) is 2.09. The highest BCUT2D eigenvalue weighted by atomic mass is 32.1. The van der Waals surface area contributed by atoms with Gasteiger partial charge in [0.15, 0.2) is 0 Å². The van der Waals surface area contributed by atoms with Crippen molar-refractivity contribution in [2.24, 2.45) is 5.73 Å². The van der Waals surface area contributed by atoms with Crippen LogP contribution in [-0.4, -0.2) is 12.0 Å². The van der Waals surface area contributed by atoms with Gasteiger partial charge < -0.3 is 10.6 Å². The molecule has 0 radical (unpaired) electrons. The van der Waals surface area contributed by atoms with Crippen LogP contribution in [0.1, 0.15) is 23.4 Å². The molecule has 0 aromatic carbocycles. The number of aromatic nitrogens is 1. The summed E-state index contributed by atoms with van der Waals surface area (Å²) in [6.45, 7) is 2.86. The van der Waals surface area contributed by atoms with Gasteiger partial charge in [0.2, 0.25) is 0 Å². The Morgan fingerprint density at radius 1 is 1.41 bits per heavy atom. The fourth-order valence-corrected chi connectivity index (χ4v) is 2.37. The van der Waals surface area contributed by atoms with E-state index < -0.39 is 0 Å². The molecule has 0 fully saturated rings. The minimum absolute atomic E-state index is 0.0409. The Labute approximate surface area is 106 Å². The zero-order valence-corrected chi connectivity index (χ0v) is 10.9. The van der Waals surface area contributed by atoms with E-state index in [1.807, 2.05) is 32.3 Å². The van der Waals surface area contributed by atoms with Crippen molar-refractivity contribution in [1.82, 2.24) is 4.98 Å². The molecule has 3 nitrogen and oxygen atoms in total. The van der Waals surface area contributed by atoms with Gasteiger partial charge in [0, 0.05) is 24.2 Å². The molecule has 1 atom stereocenters. The van der Waals surface area contributed by atoms with Crippen LogP contribution in [0.25, 0.3) is 0 Å². The average Bonchev–Trinajstić information content (AvgIpc) is 2.82. The van der Waals surface area contributed by atoms with Gasteiger partial charge in [-0.05, 0) is 30.0 Å². The quantitative estimate of drug-likeness (QED) is 0.903. The largest absolute Gasteiger partial charge is 0.355 e. The molecule has 0 amide bonds. The Morgan fingerprint density at radius 2 is 2.24 bits per heavy atom. The molecule has 0 saturated heterocycles. The third-order valence-corrected chi connectivity index (χ3v) is 3.52. The summed E-state index contributed by atoms with van der Waals surface area (Å²) in [6.07, 6.45) is 1.85. The zero-order valence-electron chi connectivity index (χ0n) is 10.1. The van der Waals surface area contributed by atoms with Gasteiger partial charge in [0.25, 0.3) is 0 Å². The third-order valence-electron chi connectivity index (χ3n) is 2.66. The molecule has 0 saturated carbocycles. The molecule has 2 aromatic rings. The fraction of sp³-hybridized carbons (Fsp3) is 0.308. The van der Waals surface area contributed by atoms with Gasteiger partial charge in [-0.25, -0.2) is 4.98 Å². The normalized spacial score (nSPS) is 12.4. The lowest BCUT2D eigenvalue weighted by Gasteiger charge is -2.17. The number of rotatable bonds is 4. The Balaban J connectivity index is 2.06. The highest BCUT2D eigenvalue weighted by Crippen LogP contribution is 2.17. The highest BCUT2D eigenvalue weighted by Gasteiger charge is 2.05. The van der Waals surface area contributed by atoms with Crippen LogP contribution >= 0.6 is 11.3 Å². The van der Waals surface area contributed by atoms with Crippen molar-refractivity contribution < 1.29 is 0 Å². The van der Waals surface area contributed by atoms with Gasteiger partial charge in [-0.2, -0.15) is 0 Å². The van der Waals surface area contributed by atoms with Gasteiger partial charge in [0.1, 0.15) is 5.82 Å². The molecule has 0 aliphatic carbocycles. The van der Waals surface area contributed by atoms with E-state index >= 15 is 0 Å². The molecule has 2 N–H and O–H groups in total. The van der Waals surface area contributed by atoms with Crippen LogP contribution in [0.5, 0.6) is 0 Å². The van der Waals surface area contributed by atoms with Crippen molar-refractivity contribution in [3.8, 4) is 0 Å². The number of nitrogens with two attached hydrogens (primary N) is 1. The summed E-state index contributed by atoms with van der Waals surface area (Å²) in [5.74, 6) is 0.975. The standard InChI is InChI=1S/C13H17N3S/c1-10(14)11-5-6-13(15-8-11)16(2)9-12-4-3-7-17-12/h3-8,10H,9,14H2,1-2H3/t10-/m0/s1. The summed E-state index contributed by atoms with van der Waals surface area (Å²) >= 11 is 1.76. The van der Waals surface area contributed by atoms with Crippen molar-refractivity contribution in [3.05, 3.63) is 46.3 Å². The van der Waals surface area contributed by atoms with Crippen molar-refractivity contribution >= 4 is 17.2 Å². The predicted molar refractivity (Wildman–Crippen MR) is 73.3 cm³/mol. The molecule has 2 aromatic heterocycles. The Hall–Kier alpha value is -1.39. The summed E-state index contributed by atoms with van der Waals surface area (Å²) < 4.78 is 0. The first-order valence-electron chi connectivity index (χ1n) is 5.62. The van der Waals surface area contributed by atoms with Crippen molar-refractivity contribution in [2.75, 3.05) is 11.9 Å². The molecule has 4 heteroatoms. The van der Waals surface area contributed by atoms with Gasteiger partial charge in [0.05, 0.1) is 6.54 Å². The minimum Gasteiger partial charge on any atom is -0.355 e. The average molecular weight is 247 g/mol. The van der Waals surface area contributed by atoms with E-state index in [1.165, 1.54) is 4.88 Å². The lowest BCUT2D eigenvalue weighted by molar-refractivity contribution is 0.807. The van der Waals surface area contributed by atoms with Crippen LogP contribution in [0.4, 0.5) is 5.82 Å². The maximum Gasteiger partial charge on any atom is 0.128 e. The van der Waals surface area contributed by atoms with Crippen LogP contribution in [-0.2, 0) is 6.54 Å². The number of pyridine rings is 1. The highest BCUT2D eigenvalue weighted by molar-refractivity contribution is 7.09. The van der Waals surface area contributed by atoms with Gasteiger partial charge in [-0.15, -0.1) is 11.3 Å². The first-order chi connectivity index (χ1) is 8.16. The monoisotopic (exact) mass is 247 g/mol. The summed E-state index contributed by atoms with van der Waals surface area (Å²) in [5.41, 5.74) is 6.87. The second-order valence-electron chi connectivity index (χ2n) is 4.17. The predicted octanol–water partition coefficient (Wildman–Crippen LogP) is 2.80. The lowest BCUT2D eigenvalue weighted by Crippen LogP contribution is -2.17. The van der Waals surface area contributed by atoms with Crippen LogP contribution in [0, 0.1) is 0 Å². The van der Waals surface area contributed by atoms with Crippen LogP contribution in [0.2, 0.25) is 0 Å². The Kier molecular flexibility index (Phi) is 3.76. The van der Waals surface area contributed by atoms with Crippen molar-refractivity contribution in [1.29, 1.82) is 0 Å². The van der Waals surface area contributed by atoms with Gasteiger partial charge >= 0.3 is 0 Å². The topological polar surface area (TPSA) is 42.1 Å². The Morgan fingerprint density at radius 3 is 2.76 bits per heavy atom. The maximum atomic E-state index is 5.80. The van der Waals surface area contributed by atoms with E-state index in [2.05, 4.69) is 27.4 Å². The van der Waals surface area contributed by atoms with Gasteiger partial charge in [-0.3, -0.25) is 0 Å². The van der Waals surface area contributed by atoms with Crippen molar-refractivity contribution in [3.63, 3.8) is 0 Å². The molecule has 90 valence electrons. The first-order valence-corrected chi connectivity index (χ1v) is 6.50. The molecule has 0 bridgehead atoms. The van der Waals surface area contributed by atoms with E-state index in [4.69, 9.17) is 5.73 Å². The van der Waals surface area contributed by atoms with Crippen LogP contribution in [0.3, 0.4) is 0 Å². The lowest BCUT2D eigenvalue weighted by atomic mass is 10.1. The molecule has 0 aliphatic heterocycles. The molecule has 17 heavy (non-hydrogen) atoms. The fourth-order valence-electron chi connectivity index (χ4n) is 1.61. The minimum atomic E-state index is 0.0409. The van der Waals surface area contributed by atoms with E-state index in [1.54, 1.807) is 11.3 Å². The second kappa shape index (κ2) is 5.29. The van der Waals surface area contributed by atoms with Crippen molar-refractivity contribution in [2.45, 2.75) is 19.5 Å². The Bertz CT molecular complexity index is 448. The molecule has 0 unspecified atom stereocenters.